The van der Waals surface area contributed by atoms with Gasteiger partial charge in [-0.25, -0.2) is 0 Å². The lowest BCUT2D eigenvalue weighted by Crippen LogP contribution is -2.42. The monoisotopic (exact) mass is 259 g/mol. The Hall–Kier alpha value is -1.64. The van der Waals surface area contributed by atoms with Crippen LogP contribution in [0.2, 0.25) is 0 Å². The molecule has 1 amide bonds. The highest BCUT2D eigenvalue weighted by atomic mass is 16.2. The van der Waals surface area contributed by atoms with Gasteiger partial charge in [-0.15, -0.1) is 0 Å². The quantitative estimate of drug-likeness (QED) is 0.783. The molecule has 19 heavy (non-hydrogen) atoms. The van der Waals surface area contributed by atoms with Crippen molar-refractivity contribution in [3.63, 3.8) is 0 Å². The molecule has 0 saturated carbocycles. The summed E-state index contributed by atoms with van der Waals surface area (Å²) < 4.78 is 0. The third kappa shape index (κ3) is 3.22. The summed E-state index contributed by atoms with van der Waals surface area (Å²) in [6.07, 6.45) is 1.57. The Morgan fingerprint density at radius 2 is 1.68 bits per heavy atom. The van der Waals surface area contributed by atoms with Gasteiger partial charge in [0.15, 0.2) is 5.78 Å². The van der Waals surface area contributed by atoms with Crippen LogP contribution in [0.4, 0.5) is 0 Å². The van der Waals surface area contributed by atoms with E-state index in [4.69, 9.17) is 0 Å². The number of hydrogen-bond acceptors (Lipinski definition) is 2. The molecule has 0 atom stereocenters. The minimum absolute atomic E-state index is 0.0429. The molecule has 1 saturated heterocycles. The molecule has 0 aromatic heterocycles. The van der Waals surface area contributed by atoms with Gasteiger partial charge in [-0.05, 0) is 12.8 Å². The van der Waals surface area contributed by atoms with Crippen molar-refractivity contribution in [2.75, 3.05) is 13.1 Å². The Kier molecular flexibility index (Phi) is 4.35. The van der Waals surface area contributed by atoms with Gasteiger partial charge in [0.1, 0.15) is 0 Å². The van der Waals surface area contributed by atoms with Crippen LogP contribution in [0.25, 0.3) is 0 Å². The number of Topliss-reactive ketones (excluding diaryl/α,β-unsaturated/α-hetero) is 1. The van der Waals surface area contributed by atoms with E-state index >= 15 is 0 Å². The number of hydrogen-bond donors (Lipinski definition) is 0. The van der Waals surface area contributed by atoms with Crippen molar-refractivity contribution in [3.8, 4) is 0 Å². The van der Waals surface area contributed by atoms with Crippen LogP contribution in [0.1, 0.15) is 37.0 Å². The molecule has 2 rings (SSSR count). The Morgan fingerprint density at radius 1 is 1.11 bits per heavy atom. The predicted octanol–water partition coefficient (Wildman–Crippen LogP) is 2.76. The van der Waals surface area contributed by atoms with E-state index in [1.54, 1.807) is 0 Å². The smallest absolute Gasteiger partial charge is 0.225 e. The lowest BCUT2D eigenvalue weighted by molar-refractivity contribution is -0.135. The molecule has 1 aliphatic rings. The second-order valence-electron chi connectivity index (χ2n) is 5.48. The van der Waals surface area contributed by atoms with E-state index < -0.39 is 0 Å². The molecule has 0 aliphatic carbocycles. The molecule has 0 N–H and O–H groups in total. The maximum absolute atomic E-state index is 12.3. The molecule has 102 valence electrons. The van der Waals surface area contributed by atoms with Crippen LogP contribution in [0.15, 0.2) is 30.3 Å². The van der Waals surface area contributed by atoms with Crippen molar-refractivity contribution in [2.45, 2.75) is 26.7 Å². The van der Waals surface area contributed by atoms with E-state index in [0.717, 1.165) is 18.4 Å². The van der Waals surface area contributed by atoms with E-state index in [0.29, 0.717) is 13.1 Å². The highest BCUT2D eigenvalue weighted by Crippen LogP contribution is 2.22. The van der Waals surface area contributed by atoms with Crippen LogP contribution in [-0.4, -0.2) is 29.7 Å². The minimum Gasteiger partial charge on any atom is -0.342 e. The molecule has 0 unspecified atom stereocenters. The highest BCUT2D eigenvalue weighted by Gasteiger charge is 2.28. The Morgan fingerprint density at radius 3 is 2.21 bits per heavy atom. The summed E-state index contributed by atoms with van der Waals surface area (Å²) in [6.45, 7) is 5.26. The molecular formula is C16H21NO2. The fourth-order valence-electron chi connectivity index (χ4n) is 2.57. The number of nitrogens with zero attached hydrogens (tertiary/aromatic N) is 1. The summed E-state index contributed by atoms with van der Waals surface area (Å²) in [5.41, 5.74) is 0.788. The number of likely N-dealkylation sites (tertiary alicyclic amines) is 1. The number of amides is 1. The van der Waals surface area contributed by atoms with Gasteiger partial charge in [-0.3, -0.25) is 9.59 Å². The van der Waals surface area contributed by atoms with Crippen LogP contribution in [-0.2, 0) is 4.79 Å². The molecular weight excluding hydrogens is 238 g/mol. The summed E-state index contributed by atoms with van der Waals surface area (Å²) in [4.78, 5) is 26.1. The topological polar surface area (TPSA) is 37.4 Å². The van der Waals surface area contributed by atoms with Gasteiger partial charge in [0.2, 0.25) is 5.91 Å². The number of benzene rings is 1. The van der Waals surface area contributed by atoms with E-state index in [-0.39, 0.29) is 23.5 Å². The average molecular weight is 259 g/mol. The molecule has 3 nitrogen and oxygen atoms in total. The van der Waals surface area contributed by atoms with Crippen molar-refractivity contribution in [1.82, 2.24) is 4.90 Å². The number of ketones is 1. The maximum Gasteiger partial charge on any atom is 0.225 e. The molecule has 1 fully saturated rings. The van der Waals surface area contributed by atoms with Crippen molar-refractivity contribution in [2.24, 2.45) is 11.8 Å². The Bertz CT molecular complexity index is 445. The summed E-state index contributed by atoms with van der Waals surface area (Å²) in [7, 11) is 0. The molecule has 0 spiro atoms. The normalized spacial score (nSPS) is 16.7. The molecule has 0 radical (unpaired) electrons. The van der Waals surface area contributed by atoms with Crippen molar-refractivity contribution in [1.29, 1.82) is 0 Å². The molecule has 1 aromatic rings. The van der Waals surface area contributed by atoms with Crippen LogP contribution in [0, 0.1) is 11.8 Å². The average Bonchev–Trinajstić information content (AvgIpc) is 2.46. The summed E-state index contributed by atoms with van der Waals surface area (Å²) in [6, 6.07) is 9.44. The molecule has 1 aliphatic heterocycles. The van der Waals surface area contributed by atoms with Gasteiger partial charge in [0.25, 0.3) is 0 Å². The lowest BCUT2D eigenvalue weighted by Gasteiger charge is -2.32. The van der Waals surface area contributed by atoms with Crippen LogP contribution in [0.3, 0.4) is 0 Å². The maximum atomic E-state index is 12.3. The highest BCUT2D eigenvalue weighted by molar-refractivity contribution is 5.98. The van der Waals surface area contributed by atoms with E-state index in [2.05, 4.69) is 0 Å². The first kappa shape index (κ1) is 13.8. The van der Waals surface area contributed by atoms with Crippen LogP contribution >= 0.6 is 0 Å². The summed E-state index contributed by atoms with van der Waals surface area (Å²) in [5, 5.41) is 0. The molecule has 1 aromatic carbocycles. The van der Waals surface area contributed by atoms with Gasteiger partial charge in [0, 0.05) is 30.5 Å². The van der Waals surface area contributed by atoms with Crippen molar-refractivity contribution >= 4 is 11.7 Å². The number of carbonyl (C=O) groups is 2. The van der Waals surface area contributed by atoms with E-state index in [1.807, 2.05) is 49.1 Å². The number of rotatable bonds is 3. The first-order valence-corrected chi connectivity index (χ1v) is 6.97. The van der Waals surface area contributed by atoms with Crippen molar-refractivity contribution in [3.05, 3.63) is 35.9 Å². The summed E-state index contributed by atoms with van der Waals surface area (Å²) >= 11 is 0. The third-order valence-corrected chi connectivity index (χ3v) is 3.73. The molecule has 3 heteroatoms. The van der Waals surface area contributed by atoms with Gasteiger partial charge >= 0.3 is 0 Å². The standard InChI is InChI=1S/C16H21NO2/c1-12(2)16(19)17-10-8-14(9-11-17)15(18)13-6-4-3-5-7-13/h3-7,12,14H,8-11H2,1-2H3. The van der Waals surface area contributed by atoms with Crippen molar-refractivity contribution < 1.29 is 9.59 Å². The van der Waals surface area contributed by atoms with Gasteiger partial charge in [-0.1, -0.05) is 44.2 Å². The summed E-state index contributed by atoms with van der Waals surface area (Å²) in [5.74, 6) is 0.530. The Balaban J connectivity index is 1.94. The first-order valence-electron chi connectivity index (χ1n) is 6.97. The zero-order chi connectivity index (χ0) is 13.8. The lowest BCUT2D eigenvalue weighted by atomic mass is 9.88. The van der Waals surface area contributed by atoms with Crippen LogP contribution < -0.4 is 0 Å². The minimum atomic E-state index is 0.0429. The van der Waals surface area contributed by atoms with E-state index in [9.17, 15) is 9.59 Å². The van der Waals surface area contributed by atoms with Gasteiger partial charge in [-0.2, -0.15) is 0 Å². The van der Waals surface area contributed by atoms with Crippen LogP contribution in [0.5, 0.6) is 0 Å². The first-order chi connectivity index (χ1) is 9.09. The second-order valence-corrected chi connectivity index (χ2v) is 5.48. The second kappa shape index (κ2) is 6.00. The largest absolute Gasteiger partial charge is 0.342 e. The predicted molar refractivity (Wildman–Crippen MR) is 74.9 cm³/mol. The van der Waals surface area contributed by atoms with E-state index in [1.165, 1.54) is 0 Å². The van der Waals surface area contributed by atoms with Gasteiger partial charge in [0.05, 0.1) is 0 Å². The van der Waals surface area contributed by atoms with Gasteiger partial charge < -0.3 is 4.90 Å². The zero-order valence-electron chi connectivity index (χ0n) is 11.6. The molecule has 0 bridgehead atoms. The third-order valence-electron chi connectivity index (χ3n) is 3.73. The molecule has 1 heterocycles. The fourth-order valence-corrected chi connectivity index (χ4v) is 2.57. The Labute approximate surface area is 114 Å². The number of piperidine rings is 1. The zero-order valence-corrected chi connectivity index (χ0v) is 11.6. The SMILES string of the molecule is CC(C)C(=O)N1CCC(C(=O)c2ccccc2)CC1. The number of carbonyl (C=O) groups excluding carboxylic acids is 2. The fraction of sp³-hybridized carbons (Fsp3) is 0.500.